The van der Waals surface area contributed by atoms with Crippen LogP contribution in [-0.2, 0) is 19.4 Å². The van der Waals surface area contributed by atoms with Crippen LogP contribution < -0.4 is 5.32 Å². The summed E-state index contributed by atoms with van der Waals surface area (Å²) in [6, 6.07) is 17.8. The molecule has 2 N–H and O–H groups in total. The van der Waals surface area contributed by atoms with Gasteiger partial charge in [0.15, 0.2) is 0 Å². The molecule has 4 heteroatoms. The van der Waals surface area contributed by atoms with Crippen LogP contribution in [0.1, 0.15) is 22.4 Å². The van der Waals surface area contributed by atoms with Crippen molar-refractivity contribution in [2.24, 2.45) is 0 Å². The molecule has 1 aliphatic rings. The van der Waals surface area contributed by atoms with Gasteiger partial charge in [-0.05, 0) is 60.2 Å². The normalized spacial score (nSPS) is 14.0. The molecule has 0 atom stereocenters. The topological polar surface area (TPSA) is 53.6 Å². The highest BCUT2D eigenvalue weighted by atomic mass is 14.9. The number of imidazole rings is 1. The summed E-state index contributed by atoms with van der Waals surface area (Å²) >= 11 is 0. The molecule has 0 bridgehead atoms. The number of aryl methyl sites for hydroxylation is 1. The number of nitrogens with one attached hydrogen (secondary N) is 2. The molecular weight excluding hydrogens is 332 g/mol. The Bertz CT molecular complexity index is 1070. The summed E-state index contributed by atoms with van der Waals surface area (Å²) < 4.78 is 0. The van der Waals surface area contributed by atoms with Crippen LogP contribution in [0.2, 0.25) is 0 Å². The standard InChI is InChI=1S/C23H22N4/c1-15-8-22-23(27-14-26-22)11-21(15)18-6-7-19(24-12-18)13-25-20-9-16-4-2-3-5-17(16)10-20/h2-8,11-12,14,20,25H,9-10,13H2,1H3,(H,26,27). The molecule has 2 aromatic heterocycles. The lowest BCUT2D eigenvalue weighted by Crippen LogP contribution is -2.29. The van der Waals surface area contributed by atoms with E-state index >= 15 is 0 Å². The van der Waals surface area contributed by atoms with Crippen LogP contribution in [0.4, 0.5) is 0 Å². The van der Waals surface area contributed by atoms with Crippen molar-refractivity contribution in [1.82, 2.24) is 20.3 Å². The van der Waals surface area contributed by atoms with Crippen molar-refractivity contribution >= 4 is 11.0 Å². The van der Waals surface area contributed by atoms with E-state index in [9.17, 15) is 0 Å². The Hall–Kier alpha value is -2.98. The highest BCUT2D eigenvalue weighted by molar-refractivity contribution is 5.83. The Morgan fingerprint density at radius 3 is 2.59 bits per heavy atom. The molecule has 0 saturated heterocycles. The quantitative estimate of drug-likeness (QED) is 0.578. The number of aromatic amines is 1. The van der Waals surface area contributed by atoms with E-state index in [-0.39, 0.29) is 0 Å². The highest BCUT2D eigenvalue weighted by Gasteiger charge is 2.20. The van der Waals surface area contributed by atoms with Gasteiger partial charge >= 0.3 is 0 Å². The second-order valence-electron chi connectivity index (χ2n) is 7.38. The fraction of sp³-hybridized carbons (Fsp3) is 0.217. The largest absolute Gasteiger partial charge is 0.345 e. The van der Waals surface area contributed by atoms with Crippen LogP contribution in [0.25, 0.3) is 22.2 Å². The van der Waals surface area contributed by atoms with E-state index in [0.717, 1.165) is 41.7 Å². The van der Waals surface area contributed by atoms with Gasteiger partial charge in [-0.15, -0.1) is 0 Å². The molecule has 5 rings (SSSR count). The molecule has 4 nitrogen and oxygen atoms in total. The van der Waals surface area contributed by atoms with E-state index < -0.39 is 0 Å². The Morgan fingerprint density at radius 1 is 1.04 bits per heavy atom. The summed E-state index contributed by atoms with van der Waals surface area (Å²) in [5, 5.41) is 3.66. The number of aromatic nitrogens is 3. The van der Waals surface area contributed by atoms with Crippen LogP contribution in [0.3, 0.4) is 0 Å². The molecule has 0 fully saturated rings. The molecule has 0 aliphatic heterocycles. The van der Waals surface area contributed by atoms with Gasteiger partial charge in [0.1, 0.15) is 0 Å². The maximum Gasteiger partial charge on any atom is 0.0931 e. The molecule has 134 valence electrons. The molecule has 4 aromatic rings. The van der Waals surface area contributed by atoms with E-state index in [1.54, 1.807) is 6.33 Å². The summed E-state index contributed by atoms with van der Waals surface area (Å²) in [4.78, 5) is 12.2. The Kier molecular flexibility index (Phi) is 3.98. The number of nitrogens with zero attached hydrogens (tertiary/aromatic N) is 2. The molecule has 1 aliphatic carbocycles. The Morgan fingerprint density at radius 2 is 1.85 bits per heavy atom. The predicted octanol–water partition coefficient (Wildman–Crippen LogP) is 4.19. The summed E-state index contributed by atoms with van der Waals surface area (Å²) in [5.74, 6) is 0. The number of fused-ring (bicyclic) bond motifs is 2. The first kappa shape index (κ1) is 16.2. The average molecular weight is 354 g/mol. The minimum Gasteiger partial charge on any atom is -0.345 e. The predicted molar refractivity (Wildman–Crippen MR) is 109 cm³/mol. The Labute approximate surface area is 158 Å². The van der Waals surface area contributed by atoms with Crippen molar-refractivity contribution < 1.29 is 0 Å². The van der Waals surface area contributed by atoms with E-state index in [2.05, 4.69) is 75.7 Å². The first-order valence-electron chi connectivity index (χ1n) is 9.45. The highest BCUT2D eigenvalue weighted by Crippen LogP contribution is 2.27. The van der Waals surface area contributed by atoms with Crippen molar-refractivity contribution in [3.63, 3.8) is 0 Å². The number of pyridine rings is 1. The SMILES string of the molecule is Cc1cc2[nH]cnc2cc1-c1ccc(CNC2Cc3ccccc3C2)nc1. The number of hydrogen-bond acceptors (Lipinski definition) is 3. The molecule has 2 heterocycles. The third-order valence-electron chi connectivity index (χ3n) is 5.52. The van der Waals surface area contributed by atoms with Crippen LogP contribution in [0.5, 0.6) is 0 Å². The molecule has 0 spiro atoms. The summed E-state index contributed by atoms with van der Waals surface area (Å²) in [6.45, 7) is 2.93. The van der Waals surface area contributed by atoms with Crippen molar-refractivity contribution in [3.05, 3.63) is 83.4 Å². The second-order valence-corrected chi connectivity index (χ2v) is 7.38. The van der Waals surface area contributed by atoms with E-state index in [4.69, 9.17) is 0 Å². The maximum absolute atomic E-state index is 4.68. The first-order valence-corrected chi connectivity index (χ1v) is 9.45. The number of rotatable bonds is 4. The van der Waals surface area contributed by atoms with Gasteiger partial charge in [-0.3, -0.25) is 4.98 Å². The van der Waals surface area contributed by atoms with E-state index in [1.807, 2.05) is 6.20 Å². The average Bonchev–Trinajstić information content (AvgIpc) is 3.32. The van der Waals surface area contributed by atoms with Crippen LogP contribution in [0, 0.1) is 6.92 Å². The molecule has 0 unspecified atom stereocenters. The maximum atomic E-state index is 4.68. The van der Waals surface area contributed by atoms with Gasteiger partial charge in [0.25, 0.3) is 0 Å². The number of benzene rings is 2. The van der Waals surface area contributed by atoms with Gasteiger partial charge in [0.2, 0.25) is 0 Å². The van der Waals surface area contributed by atoms with Crippen molar-refractivity contribution in [3.8, 4) is 11.1 Å². The molecule has 0 radical (unpaired) electrons. The summed E-state index contributed by atoms with van der Waals surface area (Å²) in [5.41, 5.74) is 9.63. The minimum absolute atomic E-state index is 0.508. The zero-order valence-corrected chi connectivity index (χ0v) is 15.4. The van der Waals surface area contributed by atoms with Crippen LogP contribution in [-0.4, -0.2) is 21.0 Å². The van der Waals surface area contributed by atoms with E-state index in [1.165, 1.54) is 22.3 Å². The lowest BCUT2D eigenvalue weighted by atomic mass is 10.0. The van der Waals surface area contributed by atoms with Gasteiger partial charge in [0, 0.05) is 24.3 Å². The van der Waals surface area contributed by atoms with Crippen molar-refractivity contribution in [2.45, 2.75) is 32.4 Å². The zero-order chi connectivity index (χ0) is 18.2. The first-order chi connectivity index (χ1) is 13.3. The smallest absolute Gasteiger partial charge is 0.0931 e. The summed E-state index contributed by atoms with van der Waals surface area (Å²) in [6.07, 6.45) is 5.93. The van der Waals surface area contributed by atoms with Gasteiger partial charge in [-0.2, -0.15) is 0 Å². The third-order valence-corrected chi connectivity index (χ3v) is 5.52. The fourth-order valence-electron chi connectivity index (χ4n) is 4.04. The summed E-state index contributed by atoms with van der Waals surface area (Å²) in [7, 11) is 0. The minimum atomic E-state index is 0.508. The van der Waals surface area contributed by atoms with Gasteiger partial charge in [-0.1, -0.05) is 30.3 Å². The molecule has 0 amide bonds. The lowest BCUT2D eigenvalue weighted by Gasteiger charge is -2.12. The zero-order valence-electron chi connectivity index (χ0n) is 15.4. The molecular formula is C23H22N4. The number of H-pyrrole nitrogens is 1. The fourth-order valence-corrected chi connectivity index (χ4v) is 4.04. The third kappa shape index (κ3) is 3.13. The number of hydrogen-bond donors (Lipinski definition) is 2. The van der Waals surface area contributed by atoms with Crippen molar-refractivity contribution in [2.75, 3.05) is 0 Å². The van der Waals surface area contributed by atoms with Crippen molar-refractivity contribution in [1.29, 1.82) is 0 Å². The van der Waals surface area contributed by atoms with Gasteiger partial charge in [0.05, 0.1) is 23.1 Å². The van der Waals surface area contributed by atoms with Gasteiger partial charge in [-0.25, -0.2) is 4.98 Å². The van der Waals surface area contributed by atoms with E-state index in [0.29, 0.717) is 6.04 Å². The molecule has 2 aromatic carbocycles. The lowest BCUT2D eigenvalue weighted by molar-refractivity contribution is 0.528. The molecule has 27 heavy (non-hydrogen) atoms. The molecule has 0 saturated carbocycles. The van der Waals surface area contributed by atoms with Crippen LogP contribution >= 0.6 is 0 Å². The second kappa shape index (κ2) is 6.63. The monoisotopic (exact) mass is 354 g/mol. The Balaban J connectivity index is 1.28. The van der Waals surface area contributed by atoms with Gasteiger partial charge < -0.3 is 10.3 Å². The van der Waals surface area contributed by atoms with Crippen LogP contribution in [0.15, 0.2) is 61.1 Å².